The number of hydrogen-bond acceptors (Lipinski definition) is 6. The number of hydrogen-bond donors (Lipinski definition) is 1. The molecule has 1 aliphatic heterocycles. The Morgan fingerprint density at radius 2 is 1.48 bits per heavy atom. The number of nitrogens with zero attached hydrogens (tertiary/aromatic N) is 6. The largest absolute Gasteiger partial charge is 0.416 e. The summed E-state index contributed by atoms with van der Waals surface area (Å²) in [6.07, 6.45) is -14.2. The number of halogens is 9. The first-order valence-corrected chi connectivity index (χ1v) is 14.0. The van der Waals surface area contributed by atoms with E-state index < -0.39 is 47.8 Å². The van der Waals surface area contributed by atoms with Gasteiger partial charge in [-0.3, -0.25) is 0 Å². The topological polar surface area (TPSA) is 76.1 Å². The average molecular weight is 658 g/mol. The van der Waals surface area contributed by atoms with Gasteiger partial charge in [-0.2, -0.15) is 44.3 Å². The summed E-state index contributed by atoms with van der Waals surface area (Å²) in [6.45, 7) is 1.29. The molecule has 0 radical (unpaired) electrons. The maximum Gasteiger partial charge on any atom is 0.416 e. The van der Waals surface area contributed by atoms with Crippen molar-refractivity contribution in [3.8, 4) is 0 Å². The molecule has 3 aromatic carbocycles. The standard InChI is InChI=1S/C30H28F9N7/c1-17-10-23-25(4-3-9-45(15-18-5-7-22(40)8-6-18)26(23)14-24(17)30(37,38)39)46(27-41-43-44(2)42-27)16-19-11-20(28(31,32)33)13-21(12-19)29(34,35)36/h5-8,10-14,25H,3-4,9,15-16,40H2,1-2H3/t25-/m0/s1. The number of aryl methyl sites for hydroxylation is 2. The molecule has 16 heteroatoms. The minimum atomic E-state index is -5.08. The number of aromatic nitrogens is 4. The van der Waals surface area contributed by atoms with Crippen molar-refractivity contribution in [2.45, 2.75) is 57.4 Å². The van der Waals surface area contributed by atoms with Crippen molar-refractivity contribution >= 4 is 17.3 Å². The summed E-state index contributed by atoms with van der Waals surface area (Å²) in [5, 5.41) is 12.0. The Morgan fingerprint density at radius 3 is 2.02 bits per heavy atom. The number of benzene rings is 3. The third kappa shape index (κ3) is 7.15. The van der Waals surface area contributed by atoms with Gasteiger partial charge in [-0.15, -0.1) is 5.10 Å². The molecule has 4 aromatic rings. The molecule has 0 spiro atoms. The second-order valence-corrected chi connectivity index (χ2v) is 11.2. The summed E-state index contributed by atoms with van der Waals surface area (Å²) in [6, 6.07) is 9.64. The highest BCUT2D eigenvalue weighted by Crippen LogP contribution is 2.44. The van der Waals surface area contributed by atoms with Gasteiger partial charge in [0, 0.05) is 31.0 Å². The highest BCUT2D eigenvalue weighted by molar-refractivity contribution is 5.62. The molecule has 2 heterocycles. The molecule has 0 saturated carbocycles. The van der Waals surface area contributed by atoms with Crippen molar-refractivity contribution in [1.82, 2.24) is 20.2 Å². The van der Waals surface area contributed by atoms with Crippen molar-refractivity contribution in [1.29, 1.82) is 0 Å². The van der Waals surface area contributed by atoms with Gasteiger partial charge in [0.2, 0.25) is 0 Å². The molecule has 2 N–H and O–H groups in total. The maximum absolute atomic E-state index is 14.1. The van der Waals surface area contributed by atoms with Crippen molar-refractivity contribution in [2.75, 3.05) is 22.1 Å². The summed E-state index contributed by atoms with van der Waals surface area (Å²) in [5.74, 6) is -0.117. The highest BCUT2D eigenvalue weighted by atomic mass is 19.4. The first-order chi connectivity index (χ1) is 21.4. The van der Waals surface area contributed by atoms with Gasteiger partial charge >= 0.3 is 18.5 Å². The van der Waals surface area contributed by atoms with E-state index in [2.05, 4.69) is 15.4 Å². The summed E-state index contributed by atoms with van der Waals surface area (Å²) in [4.78, 5) is 4.23. The van der Waals surface area contributed by atoms with E-state index >= 15 is 0 Å². The van der Waals surface area contributed by atoms with Gasteiger partial charge in [0.1, 0.15) is 0 Å². The van der Waals surface area contributed by atoms with Crippen molar-refractivity contribution in [2.24, 2.45) is 7.05 Å². The van der Waals surface area contributed by atoms with Crippen LogP contribution in [0.3, 0.4) is 0 Å². The molecule has 0 bridgehead atoms. The lowest BCUT2D eigenvalue weighted by molar-refractivity contribution is -0.143. The van der Waals surface area contributed by atoms with Crippen LogP contribution in [0.4, 0.5) is 56.8 Å². The number of alkyl halides is 9. The Morgan fingerprint density at radius 1 is 0.848 bits per heavy atom. The van der Waals surface area contributed by atoms with Crippen LogP contribution in [0.5, 0.6) is 0 Å². The Hall–Kier alpha value is -4.50. The summed E-state index contributed by atoms with van der Waals surface area (Å²) < 4.78 is 125. The molecule has 1 aliphatic rings. The predicted molar refractivity (Wildman–Crippen MR) is 151 cm³/mol. The Balaban J connectivity index is 1.66. The first-order valence-electron chi connectivity index (χ1n) is 14.0. The molecular weight excluding hydrogens is 629 g/mol. The molecule has 246 valence electrons. The second kappa shape index (κ2) is 12.0. The predicted octanol–water partition coefficient (Wildman–Crippen LogP) is 7.71. The molecule has 7 nitrogen and oxygen atoms in total. The van der Waals surface area contributed by atoms with Crippen molar-refractivity contribution in [3.63, 3.8) is 0 Å². The molecule has 0 amide bonds. The van der Waals surface area contributed by atoms with Gasteiger partial charge in [0.05, 0.1) is 29.8 Å². The number of tetrazole rings is 1. The van der Waals surface area contributed by atoms with E-state index in [0.29, 0.717) is 36.3 Å². The molecule has 46 heavy (non-hydrogen) atoms. The highest BCUT2D eigenvalue weighted by Gasteiger charge is 2.39. The molecule has 1 atom stereocenters. The van der Waals surface area contributed by atoms with Crippen LogP contribution in [-0.2, 0) is 38.7 Å². The minimum absolute atomic E-state index is 0.0342. The number of anilines is 3. The lowest BCUT2D eigenvalue weighted by atomic mass is 9.94. The number of rotatable bonds is 6. The zero-order chi connectivity index (χ0) is 33.6. The lowest BCUT2D eigenvalue weighted by Gasteiger charge is -2.33. The van der Waals surface area contributed by atoms with Gasteiger partial charge in [-0.05, 0) is 83.6 Å². The van der Waals surface area contributed by atoms with Crippen LogP contribution < -0.4 is 15.5 Å². The van der Waals surface area contributed by atoms with Gasteiger partial charge in [-0.1, -0.05) is 23.3 Å². The molecule has 0 aliphatic carbocycles. The van der Waals surface area contributed by atoms with E-state index in [1.54, 1.807) is 29.2 Å². The van der Waals surface area contributed by atoms with Gasteiger partial charge in [0.15, 0.2) is 0 Å². The van der Waals surface area contributed by atoms with Gasteiger partial charge in [-0.25, -0.2) is 0 Å². The SMILES string of the molecule is Cc1cc2c(cc1C(F)(F)F)N(Cc1ccc(N)cc1)CCC[C@@H]2N(Cc1cc(C(F)(F)F)cc(C(F)(F)F)c1)c1nnn(C)n1. The zero-order valence-corrected chi connectivity index (χ0v) is 24.5. The summed E-state index contributed by atoms with van der Waals surface area (Å²) in [7, 11) is 1.43. The summed E-state index contributed by atoms with van der Waals surface area (Å²) >= 11 is 0. The van der Waals surface area contributed by atoms with Crippen molar-refractivity contribution in [3.05, 3.63) is 93.5 Å². The van der Waals surface area contributed by atoms with E-state index in [0.717, 1.165) is 16.4 Å². The Kier molecular flexibility index (Phi) is 8.59. The maximum atomic E-state index is 14.1. The van der Waals surface area contributed by atoms with E-state index in [9.17, 15) is 39.5 Å². The Labute approximate surface area is 257 Å². The third-order valence-corrected chi connectivity index (χ3v) is 7.77. The fourth-order valence-corrected chi connectivity index (χ4v) is 5.66. The molecule has 5 rings (SSSR count). The molecular formula is C30H28F9N7. The number of nitrogen functional groups attached to an aromatic ring is 1. The van der Waals surface area contributed by atoms with E-state index in [1.165, 1.54) is 24.9 Å². The number of nitrogens with two attached hydrogens (primary N) is 1. The molecule has 0 fully saturated rings. The van der Waals surface area contributed by atoms with Crippen LogP contribution in [-0.4, -0.2) is 26.8 Å². The van der Waals surface area contributed by atoms with Gasteiger partial charge < -0.3 is 15.5 Å². The smallest absolute Gasteiger partial charge is 0.399 e. The van der Waals surface area contributed by atoms with Crippen LogP contribution in [0.2, 0.25) is 0 Å². The fraction of sp³-hybridized carbons (Fsp3) is 0.367. The minimum Gasteiger partial charge on any atom is -0.399 e. The van der Waals surface area contributed by atoms with Crippen LogP contribution in [0.15, 0.2) is 54.6 Å². The number of fused-ring (bicyclic) bond motifs is 1. The van der Waals surface area contributed by atoms with Gasteiger partial charge in [0.25, 0.3) is 5.95 Å². The van der Waals surface area contributed by atoms with E-state index in [-0.39, 0.29) is 41.8 Å². The van der Waals surface area contributed by atoms with Crippen molar-refractivity contribution < 1.29 is 39.5 Å². The molecule has 0 saturated heterocycles. The monoisotopic (exact) mass is 657 g/mol. The molecule has 0 unspecified atom stereocenters. The molecule has 1 aromatic heterocycles. The Bertz CT molecular complexity index is 1660. The van der Waals surface area contributed by atoms with Crippen LogP contribution in [0.1, 0.15) is 57.8 Å². The first kappa shape index (κ1) is 32.9. The van der Waals surface area contributed by atoms with E-state index in [1.807, 2.05) is 0 Å². The van der Waals surface area contributed by atoms with Crippen LogP contribution >= 0.6 is 0 Å². The van der Waals surface area contributed by atoms with E-state index in [4.69, 9.17) is 5.73 Å². The normalized spacial score (nSPS) is 15.9. The average Bonchev–Trinajstić information content (AvgIpc) is 3.31. The summed E-state index contributed by atoms with van der Waals surface area (Å²) in [5.41, 5.74) is 3.36. The lowest BCUT2D eigenvalue weighted by Crippen LogP contribution is -2.30. The van der Waals surface area contributed by atoms with Crippen LogP contribution in [0.25, 0.3) is 0 Å². The zero-order valence-electron chi connectivity index (χ0n) is 24.5. The fourth-order valence-electron chi connectivity index (χ4n) is 5.66. The quantitative estimate of drug-likeness (QED) is 0.169. The third-order valence-electron chi connectivity index (χ3n) is 7.77. The second-order valence-electron chi connectivity index (χ2n) is 11.2. The van der Waals surface area contributed by atoms with Crippen LogP contribution in [0, 0.1) is 6.92 Å².